The number of methoxy groups -OCH3 is 1. The number of fused-ring (bicyclic) bond motifs is 1. The summed E-state index contributed by atoms with van der Waals surface area (Å²) < 4.78 is 30.2. The molecule has 0 unspecified atom stereocenters. The molecule has 4 rings (SSSR count). The Morgan fingerprint density at radius 2 is 1.72 bits per heavy atom. The molecule has 8 heteroatoms. The number of anilines is 1. The predicted octanol–water partition coefficient (Wildman–Crippen LogP) is 4.92. The van der Waals surface area contributed by atoms with Gasteiger partial charge in [-0.15, -0.1) is 11.3 Å². The van der Waals surface area contributed by atoms with Crippen LogP contribution < -0.4 is 5.32 Å². The molecule has 0 radical (unpaired) electrons. The minimum atomic E-state index is -3.18. The van der Waals surface area contributed by atoms with Gasteiger partial charge in [-0.1, -0.05) is 60.7 Å². The van der Waals surface area contributed by atoms with E-state index in [0.29, 0.717) is 31.2 Å². The Balaban J connectivity index is 1.51. The van der Waals surface area contributed by atoms with E-state index in [4.69, 9.17) is 4.74 Å². The lowest BCUT2D eigenvalue weighted by Crippen LogP contribution is -2.14. The van der Waals surface area contributed by atoms with Gasteiger partial charge in [0.1, 0.15) is 17.3 Å². The Labute approximate surface area is 192 Å². The van der Waals surface area contributed by atoms with Gasteiger partial charge in [-0.3, -0.25) is 0 Å². The molecular formula is C24H25N3O3S2. The Bertz CT molecular complexity index is 1270. The Morgan fingerprint density at radius 3 is 2.44 bits per heavy atom. The van der Waals surface area contributed by atoms with Crippen LogP contribution in [0.5, 0.6) is 0 Å². The largest absolute Gasteiger partial charge is 0.377 e. The molecule has 0 saturated carbocycles. The number of benzene rings is 2. The van der Waals surface area contributed by atoms with Crippen molar-refractivity contribution in [1.29, 1.82) is 0 Å². The molecule has 2 aromatic heterocycles. The van der Waals surface area contributed by atoms with Crippen molar-refractivity contribution in [1.82, 2.24) is 9.97 Å². The van der Waals surface area contributed by atoms with Gasteiger partial charge in [0, 0.05) is 24.6 Å². The molecule has 0 aliphatic heterocycles. The van der Waals surface area contributed by atoms with Crippen molar-refractivity contribution in [3.8, 4) is 11.1 Å². The maximum Gasteiger partial charge on any atom is 0.158 e. The number of nitrogens with one attached hydrogen (secondary N) is 1. The lowest BCUT2D eigenvalue weighted by atomic mass is 10.1. The van der Waals surface area contributed by atoms with E-state index in [9.17, 15) is 8.42 Å². The molecule has 166 valence electrons. The fraction of sp³-hybridized carbons (Fsp3) is 0.250. The van der Waals surface area contributed by atoms with E-state index in [0.717, 1.165) is 26.9 Å². The van der Waals surface area contributed by atoms with E-state index >= 15 is 0 Å². The second kappa shape index (κ2) is 10.2. The highest BCUT2D eigenvalue weighted by molar-refractivity contribution is 7.90. The number of thiophene rings is 1. The number of ether oxygens (including phenoxy) is 1. The summed E-state index contributed by atoms with van der Waals surface area (Å²) in [5.74, 6) is 1.48. The zero-order chi connectivity index (χ0) is 22.4. The summed E-state index contributed by atoms with van der Waals surface area (Å²) in [6.45, 7) is 0.811. The summed E-state index contributed by atoms with van der Waals surface area (Å²) in [5.41, 5.74) is 2.97. The van der Waals surface area contributed by atoms with Crippen LogP contribution in [0.4, 0.5) is 5.82 Å². The van der Waals surface area contributed by atoms with Gasteiger partial charge in [-0.25, -0.2) is 18.4 Å². The third kappa shape index (κ3) is 5.51. The molecule has 6 nitrogen and oxygen atoms in total. The molecule has 0 fully saturated rings. The van der Waals surface area contributed by atoms with Crippen LogP contribution in [0.3, 0.4) is 0 Å². The minimum absolute atomic E-state index is 0.0618. The molecule has 2 heterocycles. The maximum atomic E-state index is 12.5. The highest BCUT2D eigenvalue weighted by Gasteiger charge is 2.16. The smallest absolute Gasteiger partial charge is 0.158 e. The van der Waals surface area contributed by atoms with Crippen molar-refractivity contribution in [3.63, 3.8) is 0 Å². The fourth-order valence-corrected chi connectivity index (χ4v) is 5.93. The molecule has 0 aliphatic carbocycles. The van der Waals surface area contributed by atoms with Gasteiger partial charge in [-0.2, -0.15) is 0 Å². The Morgan fingerprint density at radius 1 is 1.00 bits per heavy atom. The van der Waals surface area contributed by atoms with E-state index in [1.807, 2.05) is 48.5 Å². The van der Waals surface area contributed by atoms with Gasteiger partial charge in [0.15, 0.2) is 15.7 Å². The number of rotatable bonds is 10. The van der Waals surface area contributed by atoms with Gasteiger partial charge in [0.25, 0.3) is 0 Å². The zero-order valence-electron chi connectivity index (χ0n) is 17.8. The van der Waals surface area contributed by atoms with E-state index in [2.05, 4.69) is 32.8 Å². The molecule has 0 atom stereocenters. The molecule has 0 aliphatic rings. The average molecular weight is 468 g/mol. The second-order valence-electron chi connectivity index (χ2n) is 7.47. The first-order chi connectivity index (χ1) is 15.6. The van der Waals surface area contributed by atoms with Crippen LogP contribution in [0.1, 0.15) is 17.8 Å². The van der Waals surface area contributed by atoms with Crippen LogP contribution in [0, 0.1) is 0 Å². The fourth-order valence-electron chi connectivity index (χ4n) is 3.54. The van der Waals surface area contributed by atoms with E-state index < -0.39 is 9.84 Å². The lowest BCUT2D eigenvalue weighted by Gasteiger charge is -2.11. The number of aromatic nitrogens is 2. The molecule has 0 amide bonds. The third-order valence-corrected chi connectivity index (χ3v) is 7.55. The number of hydrogen-bond donors (Lipinski definition) is 1. The van der Waals surface area contributed by atoms with Crippen molar-refractivity contribution in [3.05, 3.63) is 77.4 Å². The molecular weight excluding hydrogens is 442 g/mol. The highest BCUT2D eigenvalue weighted by atomic mass is 32.2. The van der Waals surface area contributed by atoms with E-state index in [1.54, 1.807) is 18.4 Å². The normalized spacial score (nSPS) is 11.7. The topological polar surface area (TPSA) is 81.2 Å². The highest BCUT2D eigenvalue weighted by Crippen LogP contribution is 2.37. The standard InChI is InChI=1S/C24H25N3O3S2/c1-30-15-21-26-23(22-20(16-31-24(22)27-21)19-11-6-3-7-12-19)25-13-8-14-32(28,29)17-18-9-4-2-5-10-18/h2-7,9-12,16H,8,13-15,17H2,1H3,(H,25,26,27). The van der Waals surface area contributed by atoms with E-state index in [1.165, 1.54) is 0 Å². The van der Waals surface area contributed by atoms with Crippen molar-refractivity contribution < 1.29 is 13.2 Å². The molecule has 0 saturated heterocycles. The first-order valence-corrected chi connectivity index (χ1v) is 13.1. The predicted molar refractivity (Wildman–Crippen MR) is 131 cm³/mol. The molecule has 0 bridgehead atoms. The summed E-state index contributed by atoms with van der Waals surface area (Å²) in [4.78, 5) is 10.2. The number of sulfone groups is 1. The first-order valence-electron chi connectivity index (χ1n) is 10.4. The molecule has 0 spiro atoms. The van der Waals surface area contributed by atoms with Crippen molar-refractivity contribution in [2.45, 2.75) is 18.8 Å². The van der Waals surface area contributed by atoms with Crippen LogP contribution in [0.2, 0.25) is 0 Å². The average Bonchev–Trinajstić information content (AvgIpc) is 3.22. The summed E-state index contributed by atoms with van der Waals surface area (Å²) in [7, 11) is -1.57. The van der Waals surface area contributed by atoms with E-state index in [-0.39, 0.29) is 11.5 Å². The second-order valence-corrected chi connectivity index (χ2v) is 10.5. The van der Waals surface area contributed by atoms with Gasteiger partial charge >= 0.3 is 0 Å². The molecule has 2 aromatic carbocycles. The van der Waals surface area contributed by atoms with Crippen LogP contribution in [-0.4, -0.2) is 37.8 Å². The quantitative estimate of drug-likeness (QED) is 0.333. The summed E-state index contributed by atoms with van der Waals surface area (Å²) >= 11 is 1.57. The van der Waals surface area contributed by atoms with Crippen molar-refractivity contribution in [2.24, 2.45) is 0 Å². The Kier molecular flexibility index (Phi) is 7.14. The van der Waals surface area contributed by atoms with Gasteiger partial charge in [-0.05, 0) is 17.5 Å². The van der Waals surface area contributed by atoms with Crippen LogP contribution >= 0.6 is 11.3 Å². The summed E-state index contributed by atoms with van der Waals surface area (Å²) in [6.07, 6.45) is 0.491. The lowest BCUT2D eigenvalue weighted by molar-refractivity contribution is 0.178. The van der Waals surface area contributed by atoms with Gasteiger partial charge in [0.05, 0.1) is 16.9 Å². The van der Waals surface area contributed by atoms with Gasteiger partial charge < -0.3 is 10.1 Å². The summed E-state index contributed by atoms with van der Waals surface area (Å²) in [5, 5.41) is 6.39. The van der Waals surface area contributed by atoms with Crippen LogP contribution in [0.25, 0.3) is 21.3 Å². The maximum absolute atomic E-state index is 12.5. The zero-order valence-corrected chi connectivity index (χ0v) is 19.5. The Hall–Kier alpha value is -2.81. The summed E-state index contributed by atoms with van der Waals surface area (Å²) in [6, 6.07) is 19.4. The van der Waals surface area contributed by atoms with Crippen molar-refractivity contribution >= 4 is 37.2 Å². The molecule has 1 N–H and O–H groups in total. The number of nitrogens with zero attached hydrogens (tertiary/aromatic N) is 2. The SMILES string of the molecule is COCc1nc(NCCCS(=O)(=O)Cc2ccccc2)c2c(-c3ccccc3)csc2n1. The van der Waals surface area contributed by atoms with Crippen molar-refractivity contribution in [2.75, 3.05) is 24.7 Å². The minimum Gasteiger partial charge on any atom is -0.377 e. The third-order valence-electron chi connectivity index (χ3n) is 4.99. The molecule has 32 heavy (non-hydrogen) atoms. The first kappa shape index (κ1) is 22.4. The number of hydrogen-bond acceptors (Lipinski definition) is 7. The van der Waals surface area contributed by atoms with Crippen LogP contribution in [0.15, 0.2) is 66.0 Å². The molecule has 4 aromatic rings. The van der Waals surface area contributed by atoms with Gasteiger partial charge in [0.2, 0.25) is 0 Å². The van der Waals surface area contributed by atoms with Crippen LogP contribution in [-0.2, 0) is 26.9 Å². The monoisotopic (exact) mass is 467 g/mol.